The molecular weight excluding hydrogens is 435 g/mol. The smallest absolute Gasteiger partial charge is 0.221 e. The molecule has 2 heterocycles. The molecule has 0 spiro atoms. The molecule has 2 N–H and O–H groups in total. The van der Waals surface area contributed by atoms with Gasteiger partial charge < -0.3 is 14.6 Å². The number of rotatable bonds is 7. The molecule has 3 aromatic rings. The van der Waals surface area contributed by atoms with Gasteiger partial charge in [-0.15, -0.1) is 0 Å². The van der Waals surface area contributed by atoms with E-state index in [2.05, 4.69) is 4.72 Å². The average molecular weight is 461 g/mol. The van der Waals surface area contributed by atoms with Crippen LogP contribution in [0.2, 0.25) is 0 Å². The lowest BCUT2D eigenvalue weighted by molar-refractivity contribution is 0.0845. The monoisotopic (exact) mass is 460 g/mol. The Labute approximate surface area is 186 Å². The highest BCUT2D eigenvalue weighted by atomic mass is 32.2. The quantitative estimate of drug-likeness (QED) is 0.523. The first-order valence-corrected chi connectivity index (χ1v) is 12.3. The minimum absolute atomic E-state index is 0.0577. The summed E-state index contributed by atoms with van der Waals surface area (Å²) in [6.45, 7) is 1.41. The van der Waals surface area contributed by atoms with Crippen molar-refractivity contribution in [3.05, 3.63) is 54.0 Å². The molecule has 0 atom stereocenters. The summed E-state index contributed by atoms with van der Waals surface area (Å²) in [4.78, 5) is 4.84. The zero-order valence-electron chi connectivity index (χ0n) is 17.7. The molecule has 0 saturated carbocycles. The van der Waals surface area contributed by atoms with E-state index in [1.807, 2.05) is 0 Å². The van der Waals surface area contributed by atoms with Crippen LogP contribution >= 0.6 is 0 Å². The molecule has 9 heteroatoms. The molecule has 4 rings (SSSR count). The van der Waals surface area contributed by atoms with Gasteiger partial charge in [0, 0.05) is 36.6 Å². The third kappa shape index (κ3) is 5.17. The van der Waals surface area contributed by atoms with Crippen LogP contribution in [0.1, 0.15) is 24.5 Å². The molecule has 7 nitrogen and oxygen atoms in total. The molecule has 1 saturated heterocycles. The van der Waals surface area contributed by atoms with Gasteiger partial charge in [0.15, 0.2) is 0 Å². The van der Waals surface area contributed by atoms with Gasteiger partial charge >= 0.3 is 0 Å². The number of fused-ring (bicyclic) bond motifs is 1. The van der Waals surface area contributed by atoms with E-state index in [-0.39, 0.29) is 30.6 Å². The summed E-state index contributed by atoms with van der Waals surface area (Å²) < 4.78 is 50.1. The number of hydrogen-bond donors (Lipinski definition) is 2. The van der Waals surface area contributed by atoms with Crippen LogP contribution < -0.4 is 9.46 Å². The number of benzene rings is 2. The van der Waals surface area contributed by atoms with Crippen molar-refractivity contribution >= 4 is 20.8 Å². The molecule has 1 aliphatic heterocycles. The van der Waals surface area contributed by atoms with Crippen LogP contribution in [0.5, 0.6) is 11.6 Å². The predicted octanol–water partition coefficient (Wildman–Crippen LogP) is 3.57. The van der Waals surface area contributed by atoms with E-state index in [1.165, 1.54) is 12.1 Å². The molecule has 0 bridgehead atoms. The second-order valence-corrected chi connectivity index (χ2v) is 9.65. The van der Waals surface area contributed by atoms with E-state index in [1.54, 1.807) is 30.3 Å². The lowest BCUT2D eigenvalue weighted by Crippen LogP contribution is -2.27. The normalized spacial score (nSPS) is 15.2. The number of aromatic hydroxyl groups is 1. The Morgan fingerprint density at radius 2 is 1.88 bits per heavy atom. The standard InChI is InChI=1S/C23H25FN2O5S/c1-32(28,29)25-10-13-31-23-20-14-18(27)6-7-19(20)21(15-2-4-17(24)5-3-15)22(26-23)16-8-11-30-12-9-16/h2-7,14,16,25,27H,8-13H2,1H3. The maximum absolute atomic E-state index is 13.6. The van der Waals surface area contributed by atoms with Gasteiger partial charge in [0.1, 0.15) is 18.2 Å². The fourth-order valence-electron chi connectivity index (χ4n) is 3.96. The minimum atomic E-state index is -3.33. The molecule has 1 fully saturated rings. The SMILES string of the molecule is CS(=O)(=O)NCCOc1nc(C2CCOCC2)c(-c2ccc(F)cc2)c2ccc(O)cc12. The first-order chi connectivity index (χ1) is 15.3. The Morgan fingerprint density at radius 1 is 1.16 bits per heavy atom. The molecule has 0 aliphatic carbocycles. The summed E-state index contributed by atoms with van der Waals surface area (Å²) in [5, 5.41) is 11.5. The Hall–Kier alpha value is -2.75. The highest BCUT2D eigenvalue weighted by Gasteiger charge is 2.25. The van der Waals surface area contributed by atoms with Gasteiger partial charge in [-0.2, -0.15) is 0 Å². The van der Waals surface area contributed by atoms with E-state index in [9.17, 15) is 17.9 Å². The number of halogens is 1. The third-order valence-corrected chi connectivity index (χ3v) is 6.16. The topological polar surface area (TPSA) is 97.8 Å². The van der Waals surface area contributed by atoms with Crippen molar-refractivity contribution < 1.29 is 27.4 Å². The number of aromatic nitrogens is 1. The van der Waals surface area contributed by atoms with Crippen molar-refractivity contribution in [2.24, 2.45) is 0 Å². The predicted molar refractivity (Wildman–Crippen MR) is 120 cm³/mol. The molecule has 170 valence electrons. The fourth-order valence-corrected chi connectivity index (χ4v) is 4.42. The van der Waals surface area contributed by atoms with Crippen molar-refractivity contribution in [1.29, 1.82) is 0 Å². The van der Waals surface area contributed by atoms with E-state index in [0.717, 1.165) is 41.3 Å². The van der Waals surface area contributed by atoms with Crippen LogP contribution in [-0.4, -0.2) is 51.1 Å². The number of phenolic OH excluding ortho intramolecular Hbond substituents is 1. The van der Waals surface area contributed by atoms with Gasteiger partial charge in [0.2, 0.25) is 15.9 Å². The van der Waals surface area contributed by atoms with Crippen LogP contribution in [0.25, 0.3) is 21.9 Å². The molecule has 1 aliphatic rings. The number of phenols is 1. The van der Waals surface area contributed by atoms with Gasteiger partial charge in [-0.25, -0.2) is 22.5 Å². The molecular formula is C23H25FN2O5S. The summed E-state index contributed by atoms with van der Waals surface area (Å²) in [6.07, 6.45) is 2.67. The molecule has 1 aromatic heterocycles. The van der Waals surface area contributed by atoms with E-state index >= 15 is 0 Å². The van der Waals surface area contributed by atoms with Gasteiger partial charge in [-0.1, -0.05) is 12.1 Å². The van der Waals surface area contributed by atoms with Gasteiger partial charge in [-0.05, 0) is 54.1 Å². The highest BCUT2D eigenvalue weighted by molar-refractivity contribution is 7.88. The summed E-state index contributed by atoms with van der Waals surface area (Å²) in [5.41, 5.74) is 2.51. The lowest BCUT2D eigenvalue weighted by Gasteiger charge is -2.26. The third-order valence-electron chi connectivity index (χ3n) is 5.43. The zero-order valence-corrected chi connectivity index (χ0v) is 18.5. The largest absolute Gasteiger partial charge is 0.508 e. The lowest BCUT2D eigenvalue weighted by atomic mass is 9.87. The van der Waals surface area contributed by atoms with Crippen molar-refractivity contribution in [2.45, 2.75) is 18.8 Å². The number of pyridine rings is 1. The van der Waals surface area contributed by atoms with Crippen molar-refractivity contribution in [3.63, 3.8) is 0 Å². The summed E-state index contributed by atoms with van der Waals surface area (Å²) >= 11 is 0. The first kappa shape index (κ1) is 22.4. The number of nitrogens with zero attached hydrogens (tertiary/aromatic N) is 1. The van der Waals surface area contributed by atoms with Gasteiger partial charge in [0.25, 0.3) is 0 Å². The van der Waals surface area contributed by atoms with Crippen molar-refractivity contribution in [1.82, 2.24) is 9.71 Å². The minimum Gasteiger partial charge on any atom is -0.508 e. The molecule has 32 heavy (non-hydrogen) atoms. The Morgan fingerprint density at radius 3 is 2.56 bits per heavy atom. The first-order valence-electron chi connectivity index (χ1n) is 10.4. The molecule has 0 amide bonds. The van der Waals surface area contributed by atoms with Crippen LogP contribution in [-0.2, 0) is 14.8 Å². The number of nitrogens with one attached hydrogen (secondary N) is 1. The van der Waals surface area contributed by atoms with Crippen LogP contribution in [0.15, 0.2) is 42.5 Å². The Balaban J connectivity index is 1.83. The molecule has 0 radical (unpaired) electrons. The van der Waals surface area contributed by atoms with Crippen LogP contribution in [0, 0.1) is 5.82 Å². The fraction of sp³-hybridized carbons (Fsp3) is 0.348. The number of sulfonamides is 1. The van der Waals surface area contributed by atoms with E-state index in [4.69, 9.17) is 14.5 Å². The van der Waals surface area contributed by atoms with Crippen LogP contribution in [0.3, 0.4) is 0 Å². The van der Waals surface area contributed by atoms with Gasteiger partial charge in [0.05, 0.1) is 11.9 Å². The van der Waals surface area contributed by atoms with Crippen molar-refractivity contribution in [2.75, 3.05) is 32.6 Å². The summed E-state index contributed by atoms with van der Waals surface area (Å²) in [6, 6.07) is 11.2. The Bertz CT molecular complexity index is 1210. The summed E-state index contributed by atoms with van der Waals surface area (Å²) in [5.74, 6) is 0.175. The zero-order chi connectivity index (χ0) is 22.7. The van der Waals surface area contributed by atoms with Crippen molar-refractivity contribution in [3.8, 4) is 22.8 Å². The number of ether oxygens (including phenoxy) is 2. The van der Waals surface area contributed by atoms with Gasteiger partial charge in [-0.3, -0.25) is 0 Å². The second kappa shape index (κ2) is 9.40. The second-order valence-electron chi connectivity index (χ2n) is 7.82. The van der Waals surface area contributed by atoms with Crippen LogP contribution in [0.4, 0.5) is 4.39 Å². The Kier molecular flexibility index (Phi) is 6.59. The summed E-state index contributed by atoms with van der Waals surface area (Å²) in [7, 11) is -3.33. The maximum Gasteiger partial charge on any atom is 0.221 e. The maximum atomic E-state index is 13.6. The van der Waals surface area contributed by atoms with E-state index < -0.39 is 10.0 Å². The average Bonchev–Trinajstić information content (AvgIpc) is 2.77. The molecule has 0 unspecified atom stereocenters. The number of hydrogen-bond acceptors (Lipinski definition) is 6. The molecule has 2 aromatic carbocycles. The highest BCUT2D eigenvalue weighted by Crippen LogP contribution is 2.42. The van der Waals surface area contributed by atoms with E-state index in [0.29, 0.717) is 24.5 Å².